The van der Waals surface area contributed by atoms with Crippen LogP contribution in [0.5, 0.6) is 0 Å². The highest BCUT2D eigenvalue weighted by Crippen LogP contribution is 2.39. The zero-order chi connectivity index (χ0) is 17.5. The maximum absolute atomic E-state index is 12.8. The van der Waals surface area contributed by atoms with Crippen LogP contribution in [0.1, 0.15) is 28.6 Å². The molecule has 0 aliphatic rings. The van der Waals surface area contributed by atoms with E-state index in [1.165, 1.54) is 0 Å². The summed E-state index contributed by atoms with van der Waals surface area (Å²) in [7, 11) is 0. The van der Waals surface area contributed by atoms with Gasteiger partial charge in [0, 0.05) is 24.0 Å². The van der Waals surface area contributed by atoms with Gasteiger partial charge in [0.15, 0.2) is 0 Å². The molecule has 23 heavy (non-hydrogen) atoms. The van der Waals surface area contributed by atoms with Crippen molar-refractivity contribution in [1.29, 1.82) is 0 Å². The molecule has 2 aromatic rings. The summed E-state index contributed by atoms with van der Waals surface area (Å²) in [6.45, 7) is 3.84. The third kappa shape index (κ3) is 3.35. The van der Waals surface area contributed by atoms with Crippen LogP contribution < -0.4 is 11.5 Å². The van der Waals surface area contributed by atoms with Crippen LogP contribution >= 0.6 is 23.2 Å². The predicted octanol–water partition coefficient (Wildman–Crippen LogP) is 4.38. The van der Waals surface area contributed by atoms with Crippen molar-refractivity contribution in [2.75, 3.05) is 6.54 Å². The van der Waals surface area contributed by atoms with Crippen LogP contribution in [0.3, 0.4) is 0 Å². The van der Waals surface area contributed by atoms with Crippen LogP contribution in [0.15, 0.2) is 18.2 Å². The van der Waals surface area contributed by atoms with Gasteiger partial charge in [0.05, 0.1) is 21.3 Å². The molecule has 1 unspecified atom stereocenters. The molecule has 0 amide bonds. The Morgan fingerprint density at radius 3 is 2.09 bits per heavy atom. The first-order valence-corrected chi connectivity index (χ1v) is 7.54. The minimum absolute atomic E-state index is 0.0838. The molecule has 0 spiro atoms. The van der Waals surface area contributed by atoms with E-state index in [0.29, 0.717) is 5.69 Å². The maximum atomic E-state index is 12.8. The number of aryl methyl sites for hydroxylation is 1. The van der Waals surface area contributed by atoms with Gasteiger partial charge in [0.2, 0.25) is 0 Å². The lowest BCUT2D eigenvalue weighted by molar-refractivity contribution is -0.137. The minimum atomic E-state index is -4.51. The molecule has 0 radical (unpaired) electrons. The smallest absolute Gasteiger partial charge is 0.329 e. The van der Waals surface area contributed by atoms with E-state index in [9.17, 15) is 13.2 Å². The Bertz CT molecular complexity index is 715. The van der Waals surface area contributed by atoms with Crippen molar-refractivity contribution in [2.24, 2.45) is 11.5 Å². The summed E-state index contributed by atoms with van der Waals surface area (Å²) < 4.78 is 40.2. The molecular weight excluding hydrogens is 350 g/mol. The van der Waals surface area contributed by atoms with E-state index in [1.54, 1.807) is 18.4 Å². The van der Waals surface area contributed by atoms with Gasteiger partial charge in [-0.1, -0.05) is 23.2 Å². The molecule has 0 fully saturated rings. The number of nitrogens with two attached hydrogens (primary N) is 2. The highest BCUT2D eigenvalue weighted by Gasteiger charge is 2.32. The zero-order valence-corrected chi connectivity index (χ0v) is 14.0. The van der Waals surface area contributed by atoms with Crippen LogP contribution in [0.2, 0.25) is 10.0 Å². The van der Waals surface area contributed by atoms with Crippen LogP contribution in [0.4, 0.5) is 13.2 Å². The number of rotatable bonds is 3. The first kappa shape index (κ1) is 18.1. The molecule has 0 aliphatic heterocycles. The molecule has 0 aliphatic carbocycles. The monoisotopic (exact) mass is 365 g/mol. The third-order valence-electron chi connectivity index (χ3n) is 3.69. The molecule has 2 rings (SSSR count). The molecule has 0 saturated carbocycles. The Kier molecular flexibility index (Phi) is 5.01. The van der Waals surface area contributed by atoms with Crippen molar-refractivity contribution in [2.45, 2.75) is 26.1 Å². The Morgan fingerprint density at radius 2 is 1.65 bits per heavy atom. The van der Waals surface area contributed by atoms with Gasteiger partial charge >= 0.3 is 6.18 Å². The maximum Gasteiger partial charge on any atom is 0.416 e. The highest BCUT2D eigenvalue weighted by molar-refractivity contribution is 6.38. The molecule has 0 saturated heterocycles. The first-order valence-electron chi connectivity index (χ1n) is 6.79. The number of halogens is 5. The van der Waals surface area contributed by atoms with Crippen molar-refractivity contribution < 1.29 is 13.2 Å². The van der Waals surface area contributed by atoms with Crippen LogP contribution in [-0.4, -0.2) is 11.1 Å². The van der Waals surface area contributed by atoms with E-state index in [4.69, 9.17) is 34.7 Å². The second-order valence-electron chi connectivity index (χ2n) is 5.29. The van der Waals surface area contributed by atoms with Gasteiger partial charge in [0.1, 0.15) is 0 Å². The molecule has 1 atom stereocenters. The van der Waals surface area contributed by atoms with E-state index in [2.05, 4.69) is 0 Å². The van der Waals surface area contributed by atoms with E-state index in [0.717, 1.165) is 29.1 Å². The van der Waals surface area contributed by atoms with Crippen molar-refractivity contribution in [3.63, 3.8) is 0 Å². The van der Waals surface area contributed by atoms with Crippen LogP contribution in [0.25, 0.3) is 5.69 Å². The fourth-order valence-electron chi connectivity index (χ4n) is 2.58. The second-order valence-corrected chi connectivity index (χ2v) is 6.10. The average molecular weight is 366 g/mol. The van der Waals surface area contributed by atoms with Gasteiger partial charge in [-0.15, -0.1) is 0 Å². The average Bonchev–Trinajstić information content (AvgIpc) is 2.73. The lowest BCUT2D eigenvalue weighted by Gasteiger charge is -2.17. The first-order chi connectivity index (χ1) is 10.6. The molecule has 0 bridgehead atoms. The molecular formula is C15H16Cl2F3N3. The fourth-order valence-corrected chi connectivity index (χ4v) is 3.23. The lowest BCUT2D eigenvalue weighted by Crippen LogP contribution is -2.21. The molecule has 126 valence electrons. The molecule has 8 heteroatoms. The lowest BCUT2D eigenvalue weighted by atomic mass is 10.1. The summed E-state index contributed by atoms with van der Waals surface area (Å²) in [5.74, 6) is 0. The number of nitrogens with zero attached hydrogens (tertiary/aromatic N) is 1. The van der Waals surface area contributed by atoms with Crippen LogP contribution in [0, 0.1) is 13.8 Å². The summed E-state index contributed by atoms with van der Waals surface area (Å²) in [5, 5.41) is -0.168. The quantitative estimate of drug-likeness (QED) is 0.847. The summed E-state index contributed by atoms with van der Waals surface area (Å²) in [5.41, 5.74) is 13.3. The van der Waals surface area contributed by atoms with Gasteiger partial charge in [-0.25, -0.2) is 0 Å². The standard InChI is InChI=1S/C15H16Cl2F3N3/c1-7-3-10(13(22)6-21)8(2)23(7)14-11(16)4-9(5-12(14)17)15(18,19)20/h3-5,13H,6,21-22H2,1-2H3. The second kappa shape index (κ2) is 6.36. The van der Waals surface area contributed by atoms with Crippen LogP contribution in [-0.2, 0) is 6.18 Å². The highest BCUT2D eigenvalue weighted by atomic mass is 35.5. The number of alkyl halides is 3. The molecule has 1 aromatic heterocycles. The van der Waals surface area contributed by atoms with Crippen molar-refractivity contribution in [1.82, 2.24) is 4.57 Å². The third-order valence-corrected chi connectivity index (χ3v) is 4.27. The number of hydrogen-bond donors (Lipinski definition) is 2. The van der Waals surface area contributed by atoms with E-state index in [-0.39, 0.29) is 22.6 Å². The largest absolute Gasteiger partial charge is 0.416 e. The normalized spacial score (nSPS) is 13.4. The topological polar surface area (TPSA) is 57.0 Å². The van der Waals surface area contributed by atoms with Gasteiger partial charge in [-0.2, -0.15) is 13.2 Å². The number of benzene rings is 1. The fraction of sp³-hybridized carbons (Fsp3) is 0.333. The Morgan fingerprint density at radius 1 is 1.13 bits per heavy atom. The van der Waals surface area contributed by atoms with E-state index < -0.39 is 11.7 Å². The summed E-state index contributed by atoms with van der Waals surface area (Å²) in [6.07, 6.45) is -4.51. The molecule has 1 aromatic carbocycles. The van der Waals surface area contributed by atoms with Crippen molar-refractivity contribution in [3.05, 3.63) is 50.8 Å². The van der Waals surface area contributed by atoms with E-state index >= 15 is 0 Å². The summed E-state index contributed by atoms with van der Waals surface area (Å²) in [6, 6.07) is 3.19. The summed E-state index contributed by atoms with van der Waals surface area (Å²) in [4.78, 5) is 0. The number of hydrogen-bond acceptors (Lipinski definition) is 2. The Hall–Kier alpha value is -1.21. The van der Waals surface area contributed by atoms with Gasteiger partial charge in [-0.3, -0.25) is 0 Å². The number of aromatic nitrogens is 1. The SMILES string of the molecule is Cc1cc(C(N)CN)c(C)n1-c1c(Cl)cc(C(F)(F)F)cc1Cl. The van der Waals surface area contributed by atoms with Gasteiger partial charge < -0.3 is 16.0 Å². The minimum Gasteiger partial charge on any atom is -0.329 e. The Balaban J connectivity index is 2.67. The van der Waals surface area contributed by atoms with Crippen molar-refractivity contribution >= 4 is 23.2 Å². The molecule has 3 nitrogen and oxygen atoms in total. The Labute approximate surface area is 142 Å². The molecule has 1 heterocycles. The van der Waals surface area contributed by atoms with Gasteiger partial charge in [-0.05, 0) is 37.6 Å². The van der Waals surface area contributed by atoms with Gasteiger partial charge in [0.25, 0.3) is 0 Å². The summed E-state index contributed by atoms with van der Waals surface area (Å²) >= 11 is 12.2. The van der Waals surface area contributed by atoms with E-state index in [1.807, 2.05) is 6.07 Å². The zero-order valence-electron chi connectivity index (χ0n) is 12.5. The molecule has 4 N–H and O–H groups in total. The predicted molar refractivity (Wildman–Crippen MR) is 86.2 cm³/mol. The van der Waals surface area contributed by atoms with Crippen molar-refractivity contribution in [3.8, 4) is 5.69 Å².